The second kappa shape index (κ2) is 9.49. The molecular formula is C22H19Cl3N2O3S. The summed E-state index contributed by atoms with van der Waals surface area (Å²) < 4.78 is 28.0. The molecule has 5 nitrogen and oxygen atoms in total. The Bertz CT molecular complexity index is 1230. The maximum absolute atomic E-state index is 13.5. The first-order chi connectivity index (χ1) is 14.6. The number of benzene rings is 3. The van der Waals surface area contributed by atoms with Crippen LogP contribution in [0.4, 0.5) is 11.4 Å². The van der Waals surface area contributed by atoms with Gasteiger partial charge in [0.05, 0.1) is 26.3 Å². The predicted octanol–water partition coefficient (Wildman–Crippen LogP) is 6.10. The molecule has 0 saturated heterocycles. The number of hydrogen-bond donors (Lipinski definition) is 1. The van der Waals surface area contributed by atoms with Gasteiger partial charge in [0.1, 0.15) is 6.54 Å². The molecule has 0 aromatic heterocycles. The first kappa shape index (κ1) is 23.4. The highest BCUT2D eigenvalue weighted by atomic mass is 35.5. The highest BCUT2D eigenvalue weighted by molar-refractivity contribution is 7.92. The van der Waals surface area contributed by atoms with Gasteiger partial charge in [0.15, 0.2) is 0 Å². The zero-order valence-electron chi connectivity index (χ0n) is 16.7. The Balaban J connectivity index is 2.02. The van der Waals surface area contributed by atoms with Gasteiger partial charge in [-0.15, -0.1) is 0 Å². The average Bonchev–Trinajstić information content (AvgIpc) is 2.72. The average molecular weight is 498 g/mol. The van der Waals surface area contributed by atoms with Crippen molar-refractivity contribution in [2.75, 3.05) is 16.2 Å². The monoisotopic (exact) mass is 496 g/mol. The van der Waals surface area contributed by atoms with Crippen LogP contribution >= 0.6 is 34.8 Å². The van der Waals surface area contributed by atoms with E-state index in [9.17, 15) is 13.2 Å². The molecule has 0 aliphatic rings. The first-order valence-corrected chi connectivity index (χ1v) is 11.8. The smallest absolute Gasteiger partial charge is 0.264 e. The number of hydrogen-bond acceptors (Lipinski definition) is 3. The lowest BCUT2D eigenvalue weighted by Crippen LogP contribution is -2.38. The molecule has 9 heteroatoms. The molecular weight excluding hydrogens is 479 g/mol. The third-order valence-electron chi connectivity index (χ3n) is 4.63. The molecule has 0 aliphatic carbocycles. The van der Waals surface area contributed by atoms with Crippen LogP contribution in [-0.4, -0.2) is 20.9 Å². The molecule has 162 valence electrons. The number of nitrogens with one attached hydrogen (secondary N) is 1. The Labute approximate surface area is 196 Å². The van der Waals surface area contributed by atoms with E-state index in [1.807, 2.05) is 6.92 Å². The van der Waals surface area contributed by atoms with Crippen LogP contribution < -0.4 is 9.62 Å². The van der Waals surface area contributed by atoms with E-state index in [0.29, 0.717) is 16.3 Å². The number of halogens is 3. The van der Waals surface area contributed by atoms with Gasteiger partial charge in [0.25, 0.3) is 10.0 Å². The normalized spacial score (nSPS) is 11.3. The third kappa shape index (κ3) is 5.15. The quantitative estimate of drug-likeness (QED) is 0.447. The fraction of sp³-hybridized carbons (Fsp3) is 0.136. The van der Waals surface area contributed by atoms with Gasteiger partial charge in [-0.2, -0.15) is 0 Å². The summed E-state index contributed by atoms with van der Waals surface area (Å²) in [4.78, 5) is 12.9. The van der Waals surface area contributed by atoms with Crippen molar-refractivity contribution in [1.82, 2.24) is 0 Å². The van der Waals surface area contributed by atoms with Crippen LogP contribution in [0.1, 0.15) is 11.1 Å². The van der Waals surface area contributed by atoms with Gasteiger partial charge in [-0.3, -0.25) is 9.10 Å². The summed E-state index contributed by atoms with van der Waals surface area (Å²) in [7, 11) is -4.06. The first-order valence-electron chi connectivity index (χ1n) is 9.19. The van der Waals surface area contributed by atoms with E-state index in [4.69, 9.17) is 34.8 Å². The fourth-order valence-electron chi connectivity index (χ4n) is 2.92. The highest BCUT2D eigenvalue weighted by Crippen LogP contribution is 2.32. The second-order valence-electron chi connectivity index (χ2n) is 6.86. The minimum Gasteiger partial charge on any atom is -0.323 e. The molecule has 3 aromatic rings. The van der Waals surface area contributed by atoms with E-state index in [0.717, 1.165) is 9.87 Å². The number of anilines is 2. The van der Waals surface area contributed by atoms with Crippen molar-refractivity contribution >= 4 is 62.1 Å². The molecule has 0 aliphatic heterocycles. The van der Waals surface area contributed by atoms with Gasteiger partial charge in [-0.1, -0.05) is 64.6 Å². The summed E-state index contributed by atoms with van der Waals surface area (Å²) in [5.41, 5.74) is 2.04. The summed E-state index contributed by atoms with van der Waals surface area (Å²) >= 11 is 18.4. The maximum Gasteiger partial charge on any atom is 0.264 e. The Morgan fingerprint density at radius 1 is 0.903 bits per heavy atom. The Morgan fingerprint density at radius 2 is 1.52 bits per heavy atom. The summed E-state index contributed by atoms with van der Waals surface area (Å²) in [6, 6.07) is 16.1. The van der Waals surface area contributed by atoms with Crippen LogP contribution in [-0.2, 0) is 14.8 Å². The summed E-state index contributed by atoms with van der Waals surface area (Å²) in [6.45, 7) is 3.07. The lowest BCUT2D eigenvalue weighted by molar-refractivity contribution is -0.114. The van der Waals surface area contributed by atoms with E-state index in [2.05, 4.69) is 5.32 Å². The molecule has 0 fully saturated rings. The van der Waals surface area contributed by atoms with Crippen molar-refractivity contribution in [3.8, 4) is 0 Å². The summed E-state index contributed by atoms with van der Waals surface area (Å²) in [5.74, 6) is -0.584. The molecule has 1 amide bonds. The zero-order valence-corrected chi connectivity index (χ0v) is 19.8. The number of nitrogens with zero attached hydrogens (tertiary/aromatic N) is 1. The number of rotatable bonds is 6. The lowest BCUT2D eigenvalue weighted by Gasteiger charge is -2.26. The number of aryl methyl sites for hydroxylation is 1. The van der Waals surface area contributed by atoms with Gasteiger partial charge in [0, 0.05) is 5.02 Å². The predicted molar refractivity (Wildman–Crippen MR) is 127 cm³/mol. The molecule has 1 N–H and O–H groups in total. The number of carbonyl (C=O) groups is 1. The van der Waals surface area contributed by atoms with Gasteiger partial charge < -0.3 is 5.32 Å². The molecule has 0 saturated carbocycles. The van der Waals surface area contributed by atoms with E-state index < -0.39 is 22.5 Å². The second-order valence-corrected chi connectivity index (χ2v) is 9.91. The van der Waals surface area contributed by atoms with Crippen LogP contribution in [0.5, 0.6) is 0 Å². The Hall–Kier alpha value is -2.25. The molecule has 0 atom stereocenters. The van der Waals surface area contributed by atoms with Crippen LogP contribution in [0, 0.1) is 13.8 Å². The van der Waals surface area contributed by atoms with Crippen molar-refractivity contribution in [1.29, 1.82) is 0 Å². The molecule has 0 radical (unpaired) electrons. The van der Waals surface area contributed by atoms with Crippen molar-refractivity contribution in [3.05, 3.63) is 86.9 Å². The maximum atomic E-state index is 13.5. The van der Waals surface area contributed by atoms with Crippen LogP contribution in [0.25, 0.3) is 0 Å². The Kier molecular flexibility index (Phi) is 7.17. The van der Waals surface area contributed by atoms with Crippen LogP contribution in [0.15, 0.2) is 65.6 Å². The van der Waals surface area contributed by atoms with Gasteiger partial charge in [-0.25, -0.2) is 8.42 Å². The minimum absolute atomic E-state index is 0.0612. The van der Waals surface area contributed by atoms with Crippen molar-refractivity contribution in [2.24, 2.45) is 0 Å². The highest BCUT2D eigenvalue weighted by Gasteiger charge is 2.29. The SMILES string of the molecule is Cc1ccc(S(=O)(=O)N(CC(=O)Nc2cccc(Cl)c2Cl)c2cccc(Cl)c2C)cc1. The summed E-state index contributed by atoms with van der Waals surface area (Å²) in [6.07, 6.45) is 0. The van der Waals surface area contributed by atoms with Crippen molar-refractivity contribution in [3.63, 3.8) is 0 Å². The van der Waals surface area contributed by atoms with E-state index >= 15 is 0 Å². The van der Waals surface area contributed by atoms with E-state index in [1.165, 1.54) is 12.1 Å². The number of carbonyl (C=O) groups excluding carboxylic acids is 1. The Morgan fingerprint density at radius 3 is 2.19 bits per heavy atom. The molecule has 3 rings (SSSR count). The topological polar surface area (TPSA) is 66.5 Å². The van der Waals surface area contributed by atoms with E-state index in [1.54, 1.807) is 55.5 Å². The van der Waals surface area contributed by atoms with Gasteiger partial charge >= 0.3 is 0 Å². The standard InChI is InChI=1S/C22H19Cl3N2O3S/c1-14-9-11-16(12-10-14)31(29,30)27(20-8-4-5-17(23)15(20)2)13-21(28)26-19-7-3-6-18(24)22(19)25/h3-12H,13H2,1-2H3,(H,26,28). The fourth-order valence-corrected chi connectivity index (χ4v) is 4.92. The number of sulfonamides is 1. The minimum atomic E-state index is -4.06. The van der Waals surface area contributed by atoms with Crippen LogP contribution in [0.2, 0.25) is 15.1 Å². The van der Waals surface area contributed by atoms with Crippen LogP contribution in [0.3, 0.4) is 0 Å². The molecule has 0 unspecified atom stereocenters. The van der Waals surface area contributed by atoms with Gasteiger partial charge in [0.2, 0.25) is 5.91 Å². The molecule has 3 aromatic carbocycles. The molecule has 0 bridgehead atoms. The summed E-state index contributed by atoms with van der Waals surface area (Å²) in [5, 5.41) is 3.46. The third-order valence-corrected chi connectivity index (χ3v) is 7.63. The number of amides is 1. The molecule has 31 heavy (non-hydrogen) atoms. The van der Waals surface area contributed by atoms with E-state index in [-0.39, 0.29) is 20.6 Å². The zero-order chi connectivity index (χ0) is 22.8. The lowest BCUT2D eigenvalue weighted by atomic mass is 10.2. The van der Waals surface area contributed by atoms with Crippen molar-refractivity contribution in [2.45, 2.75) is 18.7 Å². The largest absolute Gasteiger partial charge is 0.323 e. The van der Waals surface area contributed by atoms with Gasteiger partial charge in [-0.05, 0) is 55.8 Å². The molecule has 0 heterocycles. The molecule has 0 spiro atoms. The van der Waals surface area contributed by atoms with Crippen molar-refractivity contribution < 1.29 is 13.2 Å².